The van der Waals surface area contributed by atoms with Crippen molar-refractivity contribution in [2.45, 2.75) is 0 Å². The third-order valence-corrected chi connectivity index (χ3v) is 3.11. The lowest BCUT2D eigenvalue weighted by atomic mass is 10.2. The molecule has 0 fully saturated rings. The smallest absolute Gasteiger partial charge is 0.325 e. The summed E-state index contributed by atoms with van der Waals surface area (Å²) in [6, 6.07) is 12.1. The molecule has 4 amide bonds. The third-order valence-electron chi connectivity index (χ3n) is 3.11. The van der Waals surface area contributed by atoms with Gasteiger partial charge in [0.05, 0.1) is 12.7 Å². The first kappa shape index (κ1) is 17.8. The minimum absolute atomic E-state index is 0.151. The first-order valence-electron chi connectivity index (χ1n) is 7.26. The Balaban J connectivity index is 1.85. The van der Waals surface area contributed by atoms with Crippen LogP contribution in [0.4, 0.5) is 10.5 Å². The number of imide groups is 1. The van der Waals surface area contributed by atoms with Crippen molar-refractivity contribution in [1.82, 2.24) is 5.32 Å². The Hall–Kier alpha value is -3.55. The van der Waals surface area contributed by atoms with Crippen LogP contribution in [-0.2, 0) is 4.79 Å². The van der Waals surface area contributed by atoms with Gasteiger partial charge in [-0.15, -0.1) is 0 Å². The maximum atomic E-state index is 11.8. The Morgan fingerprint density at radius 1 is 1.04 bits per heavy atom. The standard InChI is InChI=1S/C17H17N3O5/c1-24-12-8-6-11(7-9-12)19-17(23)20-15(21)10-25-14-5-3-2-4-13(14)16(18)22/h2-9H,10H2,1H3,(H2,18,22)(H2,19,20,21,23). The van der Waals surface area contributed by atoms with Crippen LogP contribution < -0.4 is 25.8 Å². The van der Waals surface area contributed by atoms with E-state index in [1.807, 2.05) is 0 Å². The second-order valence-electron chi connectivity index (χ2n) is 4.88. The number of ether oxygens (including phenoxy) is 2. The Labute approximate surface area is 143 Å². The minimum Gasteiger partial charge on any atom is -0.497 e. The fraction of sp³-hybridized carbons (Fsp3) is 0.118. The van der Waals surface area contributed by atoms with Crippen molar-refractivity contribution in [2.75, 3.05) is 19.0 Å². The number of hydrogen-bond acceptors (Lipinski definition) is 5. The number of urea groups is 1. The van der Waals surface area contributed by atoms with Crippen LogP contribution in [-0.4, -0.2) is 31.6 Å². The van der Waals surface area contributed by atoms with E-state index in [9.17, 15) is 14.4 Å². The van der Waals surface area contributed by atoms with E-state index in [0.29, 0.717) is 11.4 Å². The van der Waals surface area contributed by atoms with Crippen molar-refractivity contribution in [2.24, 2.45) is 5.73 Å². The quantitative estimate of drug-likeness (QED) is 0.734. The highest BCUT2D eigenvalue weighted by atomic mass is 16.5. The molecule has 2 aromatic carbocycles. The van der Waals surface area contributed by atoms with Crippen molar-refractivity contribution >= 4 is 23.5 Å². The molecule has 2 rings (SSSR count). The number of nitrogens with one attached hydrogen (secondary N) is 2. The van der Waals surface area contributed by atoms with Crippen LogP contribution in [0.3, 0.4) is 0 Å². The van der Waals surface area contributed by atoms with Gasteiger partial charge in [-0.3, -0.25) is 14.9 Å². The maximum absolute atomic E-state index is 11.8. The zero-order valence-electron chi connectivity index (χ0n) is 13.4. The van der Waals surface area contributed by atoms with Crippen LogP contribution in [0.15, 0.2) is 48.5 Å². The van der Waals surface area contributed by atoms with E-state index in [2.05, 4.69) is 10.6 Å². The molecule has 25 heavy (non-hydrogen) atoms. The summed E-state index contributed by atoms with van der Waals surface area (Å²) in [6.45, 7) is -0.444. The molecule has 0 spiro atoms. The molecule has 2 aromatic rings. The van der Waals surface area contributed by atoms with Crippen molar-refractivity contribution in [3.8, 4) is 11.5 Å². The highest BCUT2D eigenvalue weighted by molar-refractivity contribution is 6.01. The number of carbonyl (C=O) groups is 3. The van der Waals surface area contributed by atoms with Crippen LogP contribution >= 0.6 is 0 Å². The van der Waals surface area contributed by atoms with E-state index in [0.717, 1.165) is 0 Å². The summed E-state index contributed by atoms with van der Waals surface area (Å²) in [5, 5.41) is 4.61. The zero-order valence-corrected chi connectivity index (χ0v) is 13.4. The van der Waals surface area contributed by atoms with Gasteiger partial charge in [0.1, 0.15) is 11.5 Å². The molecule has 0 aliphatic rings. The summed E-state index contributed by atoms with van der Waals surface area (Å²) < 4.78 is 10.2. The second-order valence-corrected chi connectivity index (χ2v) is 4.88. The first-order chi connectivity index (χ1) is 12.0. The van der Waals surface area contributed by atoms with Crippen LogP contribution in [0.2, 0.25) is 0 Å². The summed E-state index contributed by atoms with van der Waals surface area (Å²) in [5.41, 5.74) is 5.86. The van der Waals surface area contributed by atoms with Gasteiger partial charge in [0.15, 0.2) is 6.61 Å². The number of amides is 4. The number of methoxy groups -OCH3 is 1. The molecule has 8 nitrogen and oxygen atoms in total. The molecule has 0 atom stereocenters. The van der Waals surface area contributed by atoms with Gasteiger partial charge in [-0.25, -0.2) is 4.79 Å². The lowest BCUT2D eigenvalue weighted by molar-refractivity contribution is -0.121. The molecule has 0 aromatic heterocycles. The van der Waals surface area contributed by atoms with Gasteiger partial charge in [0.25, 0.3) is 11.8 Å². The van der Waals surface area contributed by atoms with Gasteiger partial charge in [-0.2, -0.15) is 0 Å². The normalized spacial score (nSPS) is 9.80. The number of primary amides is 1. The summed E-state index contributed by atoms with van der Waals surface area (Å²) >= 11 is 0. The fourth-order valence-corrected chi connectivity index (χ4v) is 1.94. The number of para-hydroxylation sites is 1. The molecule has 0 aliphatic heterocycles. The zero-order chi connectivity index (χ0) is 18.2. The molecule has 0 saturated carbocycles. The highest BCUT2D eigenvalue weighted by Gasteiger charge is 2.12. The molecule has 130 valence electrons. The average molecular weight is 343 g/mol. The van der Waals surface area contributed by atoms with Crippen molar-refractivity contribution < 1.29 is 23.9 Å². The molecule has 0 bridgehead atoms. The lowest BCUT2D eigenvalue weighted by Gasteiger charge is -2.10. The molecule has 0 unspecified atom stereocenters. The van der Waals surface area contributed by atoms with Crippen molar-refractivity contribution in [3.63, 3.8) is 0 Å². The minimum atomic E-state index is -0.707. The fourth-order valence-electron chi connectivity index (χ4n) is 1.94. The number of anilines is 1. The Kier molecular flexibility index (Phi) is 5.94. The SMILES string of the molecule is COc1ccc(NC(=O)NC(=O)COc2ccccc2C(N)=O)cc1. The molecule has 4 N–H and O–H groups in total. The average Bonchev–Trinajstić information content (AvgIpc) is 2.60. The number of hydrogen-bond donors (Lipinski definition) is 3. The molecular weight excluding hydrogens is 326 g/mol. The summed E-state index contributed by atoms with van der Waals surface area (Å²) in [7, 11) is 1.53. The van der Waals surface area contributed by atoms with E-state index < -0.39 is 24.5 Å². The second kappa shape index (κ2) is 8.34. The maximum Gasteiger partial charge on any atom is 0.325 e. The monoisotopic (exact) mass is 343 g/mol. The predicted molar refractivity (Wildman–Crippen MR) is 90.6 cm³/mol. The largest absolute Gasteiger partial charge is 0.497 e. The molecule has 0 aliphatic carbocycles. The van der Waals surface area contributed by atoms with E-state index >= 15 is 0 Å². The summed E-state index contributed by atoms with van der Waals surface area (Å²) in [6.07, 6.45) is 0. The Morgan fingerprint density at radius 2 is 1.72 bits per heavy atom. The van der Waals surface area contributed by atoms with Gasteiger partial charge in [-0.05, 0) is 36.4 Å². The predicted octanol–water partition coefficient (Wildman–Crippen LogP) is 1.52. The molecule has 8 heteroatoms. The van der Waals surface area contributed by atoms with Crippen molar-refractivity contribution in [3.05, 3.63) is 54.1 Å². The van der Waals surface area contributed by atoms with Gasteiger partial charge >= 0.3 is 6.03 Å². The lowest BCUT2D eigenvalue weighted by Crippen LogP contribution is -2.37. The van der Waals surface area contributed by atoms with Crippen LogP contribution in [0.25, 0.3) is 0 Å². The van der Waals surface area contributed by atoms with Gasteiger partial charge in [0, 0.05) is 5.69 Å². The molecule has 0 heterocycles. The van der Waals surface area contributed by atoms with Gasteiger partial charge < -0.3 is 20.5 Å². The highest BCUT2D eigenvalue weighted by Crippen LogP contribution is 2.17. The summed E-state index contributed by atoms with van der Waals surface area (Å²) in [4.78, 5) is 34.8. The van der Waals surface area contributed by atoms with E-state index in [1.165, 1.54) is 19.2 Å². The van der Waals surface area contributed by atoms with Crippen LogP contribution in [0.1, 0.15) is 10.4 Å². The molecule has 0 radical (unpaired) electrons. The van der Waals surface area contributed by atoms with E-state index in [1.54, 1.807) is 36.4 Å². The van der Waals surface area contributed by atoms with Gasteiger partial charge in [0.2, 0.25) is 0 Å². The number of nitrogens with two attached hydrogens (primary N) is 1. The number of benzene rings is 2. The van der Waals surface area contributed by atoms with Crippen LogP contribution in [0, 0.1) is 0 Å². The summed E-state index contributed by atoms with van der Waals surface area (Å²) in [5.74, 6) is -0.539. The first-order valence-corrected chi connectivity index (χ1v) is 7.26. The van der Waals surface area contributed by atoms with Crippen LogP contribution in [0.5, 0.6) is 11.5 Å². The Bertz CT molecular complexity index is 774. The van der Waals surface area contributed by atoms with E-state index in [-0.39, 0.29) is 11.3 Å². The number of carbonyl (C=O) groups excluding carboxylic acids is 3. The molecular formula is C17H17N3O5. The van der Waals surface area contributed by atoms with E-state index in [4.69, 9.17) is 15.2 Å². The topological polar surface area (TPSA) is 120 Å². The van der Waals surface area contributed by atoms with Gasteiger partial charge in [-0.1, -0.05) is 12.1 Å². The Morgan fingerprint density at radius 3 is 2.36 bits per heavy atom. The molecule has 0 saturated heterocycles. The van der Waals surface area contributed by atoms with Crippen molar-refractivity contribution in [1.29, 1.82) is 0 Å². The third kappa shape index (κ3) is 5.24. The number of rotatable bonds is 6.